The number of hydrogen-bond acceptors (Lipinski definition) is 7. The monoisotopic (exact) mass is 386 g/mol. The van der Waals surface area contributed by atoms with Crippen LogP contribution in [0.25, 0.3) is 0 Å². The van der Waals surface area contributed by atoms with Gasteiger partial charge in [0.1, 0.15) is 11.6 Å². The molecule has 150 valence electrons. The van der Waals surface area contributed by atoms with Gasteiger partial charge in [-0.3, -0.25) is 9.69 Å². The summed E-state index contributed by atoms with van der Waals surface area (Å²) in [5.74, 6) is 1.19. The van der Waals surface area contributed by atoms with Crippen LogP contribution in [-0.4, -0.2) is 61.1 Å². The summed E-state index contributed by atoms with van der Waals surface area (Å²) in [7, 11) is 0. The molecule has 1 saturated heterocycles. The van der Waals surface area contributed by atoms with Crippen LogP contribution in [0.4, 0.5) is 5.82 Å². The molecule has 8 heteroatoms. The molecule has 0 spiro atoms. The van der Waals surface area contributed by atoms with Crippen molar-refractivity contribution in [2.75, 3.05) is 44.2 Å². The molecule has 28 heavy (non-hydrogen) atoms. The van der Waals surface area contributed by atoms with E-state index in [1.54, 1.807) is 25.5 Å². The fourth-order valence-corrected chi connectivity index (χ4v) is 3.14. The van der Waals surface area contributed by atoms with Crippen LogP contribution in [0.2, 0.25) is 0 Å². The molecule has 3 heterocycles. The van der Waals surface area contributed by atoms with Gasteiger partial charge in [0.2, 0.25) is 5.91 Å². The van der Waals surface area contributed by atoms with Gasteiger partial charge in [0, 0.05) is 32.4 Å². The van der Waals surface area contributed by atoms with E-state index >= 15 is 0 Å². The van der Waals surface area contributed by atoms with Gasteiger partial charge in [-0.15, -0.1) is 0 Å². The number of furan rings is 1. The van der Waals surface area contributed by atoms with Gasteiger partial charge in [0.05, 0.1) is 31.0 Å². The van der Waals surface area contributed by atoms with E-state index in [-0.39, 0.29) is 17.9 Å². The molecule has 0 saturated carbocycles. The number of nitrogens with one attached hydrogen (secondary N) is 1. The lowest BCUT2D eigenvalue weighted by Gasteiger charge is -2.35. The number of rotatable bonds is 7. The Morgan fingerprint density at radius 3 is 2.64 bits per heavy atom. The third-order valence-electron chi connectivity index (χ3n) is 4.67. The molecule has 1 aliphatic rings. The number of esters is 1. The molecule has 0 aliphatic carbocycles. The van der Waals surface area contributed by atoms with Gasteiger partial charge in [-0.1, -0.05) is 0 Å². The molecule has 0 bridgehead atoms. The first kappa shape index (κ1) is 19.9. The van der Waals surface area contributed by atoms with Gasteiger partial charge in [0.15, 0.2) is 0 Å². The van der Waals surface area contributed by atoms with Crippen LogP contribution in [0.1, 0.15) is 36.0 Å². The van der Waals surface area contributed by atoms with Crippen LogP contribution in [0.3, 0.4) is 0 Å². The summed E-state index contributed by atoms with van der Waals surface area (Å²) in [5, 5.41) is 2.96. The van der Waals surface area contributed by atoms with Crippen LogP contribution in [0, 0.1) is 0 Å². The lowest BCUT2D eigenvalue weighted by atomic mass is 10.2. The number of carbonyl (C=O) groups is 2. The Morgan fingerprint density at radius 1 is 1.25 bits per heavy atom. The Hall–Kier alpha value is -2.87. The summed E-state index contributed by atoms with van der Waals surface area (Å²) in [5.41, 5.74) is 0.451. The zero-order valence-corrected chi connectivity index (χ0v) is 16.3. The zero-order chi connectivity index (χ0) is 19.9. The molecule has 8 nitrogen and oxygen atoms in total. The van der Waals surface area contributed by atoms with E-state index in [1.807, 2.05) is 25.1 Å². The lowest BCUT2D eigenvalue weighted by Crippen LogP contribution is -2.49. The first-order chi connectivity index (χ1) is 13.6. The van der Waals surface area contributed by atoms with Crippen molar-refractivity contribution in [2.24, 2.45) is 0 Å². The second kappa shape index (κ2) is 9.36. The molecule has 3 rings (SSSR count). The van der Waals surface area contributed by atoms with E-state index in [4.69, 9.17) is 9.15 Å². The predicted octanol–water partition coefficient (Wildman–Crippen LogP) is 1.85. The highest BCUT2D eigenvalue weighted by atomic mass is 16.5. The molecule has 1 N–H and O–H groups in total. The number of pyridine rings is 1. The number of anilines is 1. The van der Waals surface area contributed by atoms with Crippen molar-refractivity contribution in [3.63, 3.8) is 0 Å². The molecule has 0 radical (unpaired) electrons. The Balaban J connectivity index is 1.45. The summed E-state index contributed by atoms with van der Waals surface area (Å²) in [4.78, 5) is 32.6. The Labute approximate surface area is 164 Å². The molecule has 1 fully saturated rings. The van der Waals surface area contributed by atoms with Crippen molar-refractivity contribution >= 4 is 17.7 Å². The Bertz CT molecular complexity index is 768. The minimum atomic E-state index is -0.360. The van der Waals surface area contributed by atoms with E-state index in [9.17, 15) is 9.59 Å². The predicted molar refractivity (Wildman–Crippen MR) is 104 cm³/mol. The van der Waals surface area contributed by atoms with Gasteiger partial charge in [-0.2, -0.15) is 0 Å². The van der Waals surface area contributed by atoms with Gasteiger partial charge in [-0.25, -0.2) is 9.78 Å². The second-order valence-electron chi connectivity index (χ2n) is 6.69. The topological polar surface area (TPSA) is 87.9 Å². The van der Waals surface area contributed by atoms with Crippen molar-refractivity contribution in [3.8, 4) is 0 Å². The van der Waals surface area contributed by atoms with Gasteiger partial charge >= 0.3 is 5.97 Å². The zero-order valence-electron chi connectivity index (χ0n) is 16.3. The first-order valence-corrected chi connectivity index (χ1v) is 9.50. The molecule has 1 aliphatic heterocycles. The summed E-state index contributed by atoms with van der Waals surface area (Å²) in [6.07, 6.45) is 3.15. The molecular weight excluding hydrogens is 360 g/mol. The minimum Gasteiger partial charge on any atom is -0.467 e. The largest absolute Gasteiger partial charge is 0.467 e. The SMILES string of the molecule is CCOC(=O)c1ccc(N2CCN(CC(=O)NC(C)c3ccco3)CC2)nc1. The standard InChI is InChI=1S/C20H26N4O4/c1-3-27-20(26)16-6-7-18(21-13-16)24-10-8-23(9-11-24)14-19(25)22-15(2)17-5-4-12-28-17/h4-7,12-13,15H,3,8-11,14H2,1-2H3,(H,22,25). The summed E-state index contributed by atoms with van der Waals surface area (Å²) in [6.45, 7) is 7.45. The molecule has 1 unspecified atom stereocenters. The number of piperazine rings is 1. The molecular formula is C20H26N4O4. The fraction of sp³-hybridized carbons (Fsp3) is 0.450. The molecule has 2 aromatic heterocycles. The van der Waals surface area contributed by atoms with Gasteiger partial charge < -0.3 is 19.4 Å². The number of ether oxygens (including phenoxy) is 1. The van der Waals surface area contributed by atoms with E-state index in [1.165, 1.54) is 0 Å². The Morgan fingerprint density at radius 2 is 2.04 bits per heavy atom. The van der Waals surface area contributed by atoms with Crippen molar-refractivity contribution in [1.29, 1.82) is 0 Å². The number of aromatic nitrogens is 1. The highest BCUT2D eigenvalue weighted by Gasteiger charge is 2.21. The molecule has 1 atom stereocenters. The summed E-state index contributed by atoms with van der Waals surface area (Å²) < 4.78 is 10.3. The highest BCUT2D eigenvalue weighted by molar-refractivity contribution is 5.89. The van der Waals surface area contributed by atoms with Crippen LogP contribution in [-0.2, 0) is 9.53 Å². The third kappa shape index (κ3) is 5.10. The number of carbonyl (C=O) groups excluding carboxylic acids is 2. The van der Waals surface area contributed by atoms with Crippen molar-refractivity contribution in [1.82, 2.24) is 15.2 Å². The van der Waals surface area contributed by atoms with Crippen LogP contribution < -0.4 is 10.2 Å². The quantitative estimate of drug-likeness (QED) is 0.727. The molecule has 2 aromatic rings. The normalized spacial score (nSPS) is 15.9. The number of amides is 1. The van der Waals surface area contributed by atoms with Gasteiger partial charge in [-0.05, 0) is 38.1 Å². The molecule has 0 aromatic carbocycles. The fourth-order valence-electron chi connectivity index (χ4n) is 3.14. The van der Waals surface area contributed by atoms with Crippen molar-refractivity contribution in [2.45, 2.75) is 19.9 Å². The number of hydrogen-bond donors (Lipinski definition) is 1. The highest BCUT2D eigenvalue weighted by Crippen LogP contribution is 2.15. The molecule has 1 amide bonds. The van der Waals surface area contributed by atoms with E-state index in [0.717, 1.165) is 37.8 Å². The van der Waals surface area contributed by atoms with Gasteiger partial charge in [0.25, 0.3) is 0 Å². The second-order valence-corrected chi connectivity index (χ2v) is 6.69. The summed E-state index contributed by atoms with van der Waals surface area (Å²) >= 11 is 0. The lowest BCUT2D eigenvalue weighted by molar-refractivity contribution is -0.123. The Kier molecular flexibility index (Phi) is 6.65. The average molecular weight is 386 g/mol. The minimum absolute atomic E-state index is 0.0192. The van der Waals surface area contributed by atoms with Crippen molar-refractivity contribution < 1.29 is 18.7 Å². The van der Waals surface area contributed by atoms with Crippen LogP contribution in [0.15, 0.2) is 41.1 Å². The van der Waals surface area contributed by atoms with E-state index in [0.29, 0.717) is 18.7 Å². The smallest absolute Gasteiger partial charge is 0.339 e. The third-order valence-corrected chi connectivity index (χ3v) is 4.67. The van der Waals surface area contributed by atoms with Crippen LogP contribution >= 0.6 is 0 Å². The number of nitrogens with zero attached hydrogens (tertiary/aromatic N) is 3. The summed E-state index contributed by atoms with van der Waals surface area (Å²) in [6, 6.07) is 7.08. The first-order valence-electron chi connectivity index (χ1n) is 9.50. The average Bonchev–Trinajstić information content (AvgIpc) is 3.24. The maximum Gasteiger partial charge on any atom is 0.339 e. The van der Waals surface area contributed by atoms with E-state index in [2.05, 4.69) is 20.1 Å². The van der Waals surface area contributed by atoms with Crippen LogP contribution in [0.5, 0.6) is 0 Å². The van der Waals surface area contributed by atoms with Crippen molar-refractivity contribution in [3.05, 3.63) is 48.0 Å². The van der Waals surface area contributed by atoms with E-state index < -0.39 is 0 Å². The maximum absolute atomic E-state index is 12.3. The maximum atomic E-state index is 12.3.